The van der Waals surface area contributed by atoms with Crippen LogP contribution in [0.5, 0.6) is 5.75 Å². The number of ether oxygens (including phenoxy) is 4. The lowest BCUT2D eigenvalue weighted by Gasteiger charge is -2.44. The number of amides is 2. The number of nitrogens with one attached hydrogen (secondary N) is 3. The van der Waals surface area contributed by atoms with E-state index in [1.807, 2.05) is 53.0 Å². The van der Waals surface area contributed by atoms with Crippen molar-refractivity contribution in [1.29, 1.82) is 0 Å². The number of rotatable bonds is 23. The quantitative estimate of drug-likeness (QED) is 0.0411. The third-order valence-corrected chi connectivity index (χ3v) is 22.4. The average molecular weight is 1040 g/mol. The number of nitrogens with zero attached hydrogens (tertiary/aromatic N) is 2. The summed E-state index contributed by atoms with van der Waals surface area (Å²) in [7, 11) is -4.03. The SMILES string of the molecule is COc1ccc(Cn2c(=O)ccn([C@@H]3O[C@H](C(O)[C@H](NCCCNC(=O)[C@H](CCC(=O)OC(C)(C)C)NC(=O)OCc4ccccc4)C(=O)O)[C@@H](O[Si](C)(C)C(C)(C)C)[C@H]3O[Si](C)(C)C(C)(C)C)c2=O)cc1. The summed E-state index contributed by atoms with van der Waals surface area (Å²) in [6, 6.07) is 14.3. The van der Waals surface area contributed by atoms with E-state index in [2.05, 4.69) is 36.7 Å². The van der Waals surface area contributed by atoms with Crippen molar-refractivity contribution in [3.05, 3.63) is 98.8 Å². The van der Waals surface area contributed by atoms with Crippen molar-refractivity contribution >= 4 is 40.6 Å². The first-order chi connectivity index (χ1) is 33.4. The first-order valence-corrected chi connectivity index (χ1v) is 30.2. The Morgan fingerprint density at radius 1 is 0.806 bits per heavy atom. The van der Waals surface area contributed by atoms with Crippen molar-refractivity contribution in [3.63, 3.8) is 0 Å². The molecule has 1 aromatic heterocycles. The number of methoxy groups -OCH3 is 1. The van der Waals surface area contributed by atoms with Gasteiger partial charge in [0, 0.05) is 25.2 Å². The lowest BCUT2D eigenvalue weighted by Crippen LogP contribution is -2.59. The molecule has 0 saturated carbocycles. The molecule has 0 bridgehead atoms. The van der Waals surface area contributed by atoms with E-state index in [1.54, 1.807) is 69.3 Å². The van der Waals surface area contributed by atoms with Gasteiger partial charge in [-0.05, 0) is 99.7 Å². The van der Waals surface area contributed by atoms with Gasteiger partial charge in [-0.25, -0.2) is 9.59 Å². The smallest absolute Gasteiger partial charge is 0.408 e. The predicted octanol–water partition coefficient (Wildman–Crippen LogP) is 6.07. The Balaban J connectivity index is 1.61. The molecule has 0 aliphatic carbocycles. The molecule has 4 rings (SSSR count). The molecule has 2 amide bonds. The molecule has 1 saturated heterocycles. The molecule has 72 heavy (non-hydrogen) atoms. The van der Waals surface area contributed by atoms with Gasteiger partial charge >= 0.3 is 23.7 Å². The lowest BCUT2D eigenvalue weighted by atomic mass is 9.99. The Labute approximate surface area is 425 Å². The molecule has 7 atom stereocenters. The van der Waals surface area contributed by atoms with Crippen LogP contribution in [0.25, 0.3) is 0 Å². The second kappa shape index (κ2) is 24.7. The maximum Gasteiger partial charge on any atom is 0.408 e. The number of hydrogen-bond acceptors (Lipinski definition) is 14. The van der Waals surface area contributed by atoms with E-state index in [9.17, 15) is 39.0 Å². The van der Waals surface area contributed by atoms with Gasteiger partial charge in [-0.2, -0.15) is 0 Å². The van der Waals surface area contributed by atoms with Crippen LogP contribution in [0.4, 0.5) is 4.79 Å². The van der Waals surface area contributed by atoms with Crippen LogP contribution >= 0.6 is 0 Å². The van der Waals surface area contributed by atoms with Crippen LogP contribution in [0.15, 0.2) is 76.4 Å². The van der Waals surface area contributed by atoms with Gasteiger partial charge in [-0.15, -0.1) is 0 Å². The van der Waals surface area contributed by atoms with Gasteiger partial charge < -0.3 is 54.0 Å². The predicted molar refractivity (Wildman–Crippen MR) is 277 cm³/mol. The third-order valence-electron chi connectivity index (χ3n) is 13.4. The molecule has 1 unspecified atom stereocenters. The highest BCUT2D eigenvalue weighted by Gasteiger charge is 2.57. The Morgan fingerprint density at radius 2 is 1.40 bits per heavy atom. The molecule has 0 spiro atoms. The van der Waals surface area contributed by atoms with Crippen LogP contribution in [0.1, 0.15) is 98.9 Å². The number of carboxylic acids is 1. The summed E-state index contributed by atoms with van der Waals surface area (Å²) in [5.41, 5.74) is -0.642. The van der Waals surface area contributed by atoms with Crippen molar-refractivity contribution in [2.24, 2.45) is 0 Å². The maximum absolute atomic E-state index is 14.5. The number of aliphatic carboxylic acids is 1. The van der Waals surface area contributed by atoms with Gasteiger partial charge in [0.15, 0.2) is 22.9 Å². The zero-order chi connectivity index (χ0) is 54.0. The monoisotopic (exact) mass is 1040 g/mol. The summed E-state index contributed by atoms with van der Waals surface area (Å²) in [5, 5.41) is 30.4. The van der Waals surface area contributed by atoms with Crippen LogP contribution < -0.4 is 31.9 Å². The van der Waals surface area contributed by atoms with E-state index in [1.165, 1.54) is 23.9 Å². The van der Waals surface area contributed by atoms with Crippen LogP contribution in [0.2, 0.25) is 36.3 Å². The van der Waals surface area contributed by atoms with Crippen LogP contribution in [0, 0.1) is 0 Å². The van der Waals surface area contributed by atoms with Crippen molar-refractivity contribution in [2.75, 3.05) is 20.2 Å². The summed E-state index contributed by atoms with van der Waals surface area (Å²) in [4.78, 5) is 79.9. The molecule has 3 aromatic rings. The Morgan fingerprint density at radius 3 is 1.96 bits per heavy atom. The van der Waals surface area contributed by atoms with Gasteiger partial charge in [0.25, 0.3) is 5.56 Å². The van der Waals surface area contributed by atoms with E-state index >= 15 is 0 Å². The first-order valence-electron chi connectivity index (χ1n) is 24.4. The van der Waals surface area contributed by atoms with Crippen molar-refractivity contribution in [3.8, 4) is 5.75 Å². The minimum absolute atomic E-state index is 0.00857. The summed E-state index contributed by atoms with van der Waals surface area (Å²) in [5.74, 6) is -1.97. The maximum atomic E-state index is 14.5. The number of alkyl carbamates (subject to hydrolysis) is 1. The molecular weight excluding hydrogens is 963 g/mol. The molecule has 1 aliphatic rings. The van der Waals surface area contributed by atoms with E-state index in [-0.39, 0.29) is 55.6 Å². The number of carbonyl (C=O) groups is 4. The fourth-order valence-corrected chi connectivity index (χ4v) is 9.88. The number of hydrogen-bond donors (Lipinski definition) is 5. The third kappa shape index (κ3) is 16.4. The Kier molecular flexibility index (Phi) is 20.4. The van der Waals surface area contributed by atoms with Gasteiger partial charge in [-0.3, -0.25) is 28.3 Å². The summed E-state index contributed by atoms with van der Waals surface area (Å²) < 4.78 is 39.3. The highest BCUT2D eigenvalue weighted by atomic mass is 28.4. The Hall–Kier alpha value is -5.17. The molecule has 21 heteroatoms. The van der Waals surface area contributed by atoms with E-state index in [0.29, 0.717) is 11.3 Å². The first kappa shape index (κ1) is 59.4. The fraction of sp³-hybridized carbons (Fsp3) is 0.608. The highest BCUT2D eigenvalue weighted by Crippen LogP contribution is 2.46. The van der Waals surface area contributed by atoms with Crippen LogP contribution in [0.3, 0.4) is 0 Å². The minimum atomic E-state index is -2.79. The molecule has 2 aromatic carbocycles. The van der Waals surface area contributed by atoms with Gasteiger partial charge in [0.05, 0.1) is 13.7 Å². The van der Waals surface area contributed by atoms with Gasteiger partial charge in [0.2, 0.25) is 5.91 Å². The number of aliphatic hydroxyl groups is 1. The lowest BCUT2D eigenvalue weighted by molar-refractivity contribution is -0.155. The number of carboxylic acid groups (broad SMARTS) is 1. The molecule has 19 nitrogen and oxygen atoms in total. The summed E-state index contributed by atoms with van der Waals surface area (Å²) >= 11 is 0. The molecule has 5 N–H and O–H groups in total. The summed E-state index contributed by atoms with van der Waals surface area (Å²) in [6.07, 6.45) is -6.24. The van der Waals surface area contributed by atoms with E-state index in [0.717, 1.165) is 10.1 Å². The van der Waals surface area contributed by atoms with Crippen LogP contribution in [-0.4, -0.2) is 122 Å². The molecule has 1 aliphatic heterocycles. The molecule has 2 heterocycles. The van der Waals surface area contributed by atoms with Crippen molar-refractivity contribution in [2.45, 2.75) is 179 Å². The zero-order valence-electron chi connectivity index (χ0n) is 44.5. The van der Waals surface area contributed by atoms with Crippen LogP contribution in [-0.2, 0) is 50.6 Å². The van der Waals surface area contributed by atoms with E-state index < -0.39 is 100 Å². The molecule has 1 fully saturated rings. The van der Waals surface area contributed by atoms with Crippen molar-refractivity contribution in [1.82, 2.24) is 25.1 Å². The normalized spacial score (nSPS) is 18.9. The average Bonchev–Trinajstić information content (AvgIpc) is 3.61. The number of aromatic nitrogens is 2. The van der Waals surface area contributed by atoms with E-state index in [4.69, 9.17) is 27.8 Å². The number of benzene rings is 2. The van der Waals surface area contributed by atoms with Crippen molar-refractivity contribution < 1.29 is 57.2 Å². The fourth-order valence-electron chi connectivity index (χ4n) is 7.30. The number of aliphatic hydroxyl groups excluding tert-OH is 1. The minimum Gasteiger partial charge on any atom is -0.497 e. The number of esters is 1. The molecule has 400 valence electrons. The zero-order valence-corrected chi connectivity index (χ0v) is 46.5. The topological polar surface area (TPSA) is 244 Å². The second-order valence-corrected chi connectivity index (χ2v) is 31.8. The largest absolute Gasteiger partial charge is 0.497 e. The Bertz CT molecular complexity index is 2410. The molecule has 0 radical (unpaired) electrons. The highest BCUT2D eigenvalue weighted by molar-refractivity contribution is 6.74. The van der Waals surface area contributed by atoms with Gasteiger partial charge in [-0.1, -0.05) is 84.0 Å². The summed E-state index contributed by atoms with van der Waals surface area (Å²) in [6.45, 7) is 25.4. The molecular formula is C51H79N5O14Si2. The second-order valence-electron chi connectivity index (χ2n) is 22.2. The standard InChI is InChI=1S/C51H79N5O14Si2/c1-49(2,3)68-38(58)26-25-36(54-47(63)66-32-34-19-16-15-17-20-34)44(60)53-29-18-28-52-39(46(61)62)40(59)41-42(69-71(11,12)50(4,5)6)43(70-72(13,14)51(7,8)9)45(67-41)55-30-27-37(57)56(48(55)64)31-33-21-23-35(65-10)24-22-33/h15-17,19-24,27,30,36,39-43,45,52,59H,18,25-26,28-29,31-32H2,1-14H3,(H,53,60)(H,54,63)(H,61,62)/t36-,39-,40?,41+,42+,43+,45+/m0/s1. The number of carbonyl (C=O) groups excluding carboxylic acids is 3. The van der Waals surface area contributed by atoms with Gasteiger partial charge in [0.1, 0.15) is 54.5 Å².